The number of ether oxygens (including phenoxy) is 3. The van der Waals surface area contributed by atoms with Gasteiger partial charge in [-0.15, -0.1) is 0 Å². The van der Waals surface area contributed by atoms with E-state index in [1.807, 2.05) is 0 Å². The molecule has 0 unspecified atom stereocenters. The van der Waals surface area contributed by atoms with Crippen LogP contribution in [-0.4, -0.2) is 37.2 Å². The first-order chi connectivity index (χ1) is 30.0. The Morgan fingerprint density at radius 1 is 0.344 bits per heavy atom. The highest BCUT2D eigenvalue weighted by molar-refractivity contribution is 5.71. The number of carbonyl (C=O) groups excluding carboxylic acids is 3. The molecule has 0 rings (SSSR count). The molecule has 0 amide bonds. The lowest BCUT2D eigenvalue weighted by atomic mass is 10.0. The second kappa shape index (κ2) is 49.8. The lowest BCUT2D eigenvalue weighted by Gasteiger charge is -2.18. The van der Waals surface area contributed by atoms with Crippen molar-refractivity contribution in [1.29, 1.82) is 0 Å². The van der Waals surface area contributed by atoms with Gasteiger partial charge in [0.2, 0.25) is 0 Å². The maximum atomic E-state index is 12.8. The zero-order valence-corrected chi connectivity index (χ0v) is 40.2. The van der Waals surface area contributed by atoms with Crippen LogP contribution >= 0.6 is 0 Å². The lowest BCUT2D eigenvalue weighted by Crippen LogP contribution is -2.30. The number of allylic oxidation sites excluding steroid dienone is 10. The molecule has 0 saturated carbocycles. The average molecular weight is 853 g/mol. The van der Waals surface area contributed by atoms with Crippen molar-refractivity contribution >= 4 is 17.9 Å². The lowest BCUT2D eigenvalue weighted by molar-refractivity contribution is -0.167. The van der Waals surface area contributed by atoms with Crippen LogP contribution < -0.4 is 0 Å². The predicted octanol–water partition coefficient (Wildman–Crippen LogP) is 16.9. The van der Waals surface area contributed by atoms with E-state index in [2.05, 4.69) is 81.5 Å². The average Bonchev–Trinajstić information content (AvgIpc) is 3.26. The molecule has 0 heterocycles. The summed E-state index contributed by atoms with van der Waals surface area (Å²) in [5.41, 5.74) is 0. The molecule has 61 heavy (non-hydrogen) atoms. The van der Waals surface area contributed by atoms with Gasteiger partial charge in [0.05, 0.1) is 0 Å². The van der Waals surface area contributed by atoms with Crippen LogP contribution in [0.25, 0.3) is 0 Å². The summed E-state index contributed by atoms with van der Waals surface area (Å²) in [5, 5.41) is 0. The van der Waals surface area contributed by atoms with Crippen LogP contribution in [0.3, 0.4) is 0 Å². The molecule has 0 saturated heterocycles. The first kappa shape index (κ1) is 58.1. The summed E-state index contributed by atoms with van der Waals surface area (Å²) in [7, 11) is 0. The Morgan fingerprint density at radius 3 is 1.00 bits per heavy atom. The van der Waals surface area contributed by atoms with Crippen LogP contribution in [0, 0.1) is 0 Å². The molecule has 352 valence electrons. The van der Waals surface area contributed by atoms with Crippen LogP contribution in [0.1, 0.15) is 252 Å². The van der Waals surface area contributed by atoms with Crippen molar-refractivity contribution in [2.45, 2.75) is 258 Å². The van der Waals surface area contributed by atoms with Crippen LogP contribution in [0.15, 0.2) is 60.8 Å². The molecule has 0 aliphatic carbocycles. The first-order valence-corrected chi connectivity index (χ1v) is 25.8. The van der Waals surface area contributed by atoms with Gasteiger partial charge in [0.25, 0.3) is 0 Å². The highest BCUT2D eigenvalue weighted by Crippen LogP contribution is 2.15. The minimum atomic E-state index is -0.782. The monoisotopic (exact) mass is 853 g/mol. The van der Waals surface area contributed by atoms with E-state index in [0.29, 0.717) is 19.3 Å². The standard InChI is InChI=1S/C55H96O6/c1-4-7-10-13-16-19-22-25-26-27-28-29-30-31-34-36-39-42-45-48-54(57)60-51-52(61-55(58)49-46-43-40-37-33-24-21-18-15-12-9-6-3)50-59-53(56)47-44-41-38-35-32-23-20-17-14-11-8-5-2/h7,10,16,19,25-26,28-29,31,34,52H,4-6,8-9,11-15,17-18,20-24,27,30,32-33,35-51H2,1-3H3/b10-7-,19-16-,26-25-,29-28-,34-31-/t52-/m0/s1. The molecule has 0 aromatic heterocycles. The van der Waals surface area contributed by atoms with Crippen LogP contribution in [0.4, 0.5) is 0 Å². The fourth-order valence-corrected chi connectivity index (χ4v) is 7.17. The number of rotatable bonds is 46. The summed E-state index contributed by atoms with van der Waals surface area (Å²) >= 11 is 0. The maximum Gasteiger partial charge on any atom is 0.306 e. The van der Waals surface area contributed by atoms with Gasteiger partial charge in [-0.1, -0.05) is 229 Å². The van der Waals surface area contributed by atoms with E-state index in [4.69, 9.17) is 14.2 Å². The van der Waals surface area contributed by atoms with Crippen molar-refractivity contribution in [3.63, 3.8) is 0 Å². The summed E-state index contributed by atoms with van der Waals surface area (Å²) in [4.78, 5) is 37.9. The zero-order valence-electron chi connectivity index (χ0n) is 40.2. The predicted molar refractivity (Wildman–Crippen MR) is 261 cm³/mol. The van der Waals surface area contributed by atoms with Gasteiger partial charge in [0.1, 0.15) is 13.2 Å². The van der Waals surface area contributed by atoms with Gasteiger partial charge in [0.15, 0.2) is 6.10 Å². The SMILES string of the molecule is CC/C=C\C/C=C\C/C=C\C/C=C\C/C=C\CCCCCC(=O)OC[C@H](COC(=O)CCCCCCCCCCCCCC)OC(=O)CCCCCCCCCCCCCC. The molecule has 6 heteroatoms. The third kappa shape index (κ3) is 48.0. The van der Waals surface area contributed by atoms with Gasteiger partial charge in [0, 0.05) is 19.3 Å². The quantitative estimate of drug-likeness (QED) is 0.0263. The summed E-state index contributed by atoms with van der Waals surface area (Å²) in [6, 6.07) is 0. The fraction of sp³-hybridized carbons (Fsp3) is 0.764. The van der Waals surface area contributed by atoms with Crippen molar-refractivity contribution < 1.29 is 28.6 Å². The van der Waals surface area contributed by atoms with E-state index >= 15 is 0 Å². The maximum absolute atomic E-state index is 12.8. The molecule has 0 aromatic carbocycles. The van der Waals surface area contributed by atoms with Crippen molar-refractivity contribution in [2.24, 2.45) is 0 Å². The molecule has 0 aromatic rings. The van der Waals surface area contributed by atoms with E-state index < -0.39 is 6.10 Å². The normalized spacial score (nSPS) is 12.5. The fourth-order valence-electron chi connectivity index (χ4n) is 7.17. The van der Waals surface area contributed by atoms with Crippen LogP contribution in [0.5, 0.6) is 0 Å². The topological polar surface area (TPSA) is 78.9 Å². The van der Waals surface area contributed by atoms with Gasteiger partial charge >= 0.3 is 17.9 Å². The third-order valence-corrected chi connectivity index (χ3v) is 11.0. The molecular weight excluding hydrogens is 757 g/mol. The van der Waals surface area contributed by atoms with Gasteiger partial charge in [-0.3, -0.25) is 14.4 Å². The Kier molecular flexibility index (Phi) is 47.4. The minimum Gasteiger partial charge on any atom is -0.462 e. The first-order valence-electron chi connectivity index (χ1n) is 25.8. The Balaban J connectivity index is 4.40. The van der Waals surface area contributed by atoms with E-state index in [9.17, 15) is 14.4 Å². The third-order valence-electron chi connectivity index (χ3n) is 11.0. The number of hydrogen-bond donors (Lipinski definition) is 0. The smallest absolute Gasteiger partial charge is 0.306 e. The van der Waals surface area contributed by atoms with Crippen molar-refractivity contribution in [3.8, 4) is 0 Å². The van der Waals surface area contributed by atoms with Gasteiger partial charge < -0.3 is 14.2 Å². The molecule has 0 bridgehead atoms. The molecule has 0 fully saturated rings. The summed E-state index contributed by atoms with van der Waals surface area (Å²) in [5.74, 6) is -0.909. The summed E-state index contributed by atoms with van der Waals surface area (Å²) in [6.45, 7) is 6.50. The Bertz CT molecular complexity index is 1120. The van der Waals surface area contributed by atoms with Crippen LogP contribution in [-0.2, 0) is 28.6 Å². The molecule has 0 radical (unpaired) electrons. The minimum absolute atomic E-state index is 0.0815. The van der Waals surface area contributed by atoms with Crippen molar-refractivity contribution in [2.75, 3.05) is 13.2 Å². The molecule has 0 aliphatic heterocycles. The molecule has 0 aliphatic rings. The van der Waals surface area contributed by atoms with Crippen LogP contribution in [0.2, 0.25) is 0 Å². The molecule has 6 nitrogen and oxygen atoms in total. The van der Waals surface area contributed by atoms with Gasteiger partial charge in [-0.2, -0.15) is 0 Å². The largest absolute Gasteiger partial charge is 0.462 e. The Labute approximate surface area is 377 Å². The number of esters is 3. The Morgan fingerprint density at radius 2 is 0.639 bits per heavy atom. The van der Waals surface area contributed by atoms with Gasteiger partial charge in [-0.05, 0) is 64.2 Å². The molecule has 0 N–H and O–H groups in total. The van der Waals surface area contributed by atoms with Crippen molar-refractivity contribution in [1.82, 2.24) is 0 Å². The van der Waals surface area contributed by atoms with E-state index in [1.165, 1.54) is 116 Å². The Hall–Kier alpha value is -2.89. The highest BCUT2D eigenvalue weighted by atomic mass is 16.6. The van der Waals surface area contributed by atoms with E-state index in [0.717, 1.165) is 96.3 Å². The van der Waals surface area contributed by atoms with E-state index in [1.54, 1.807) is 0 Å². The van der Waals surface area contributed by atoms with Gasteiger partial charge in [-0.25, -0.2) is 0 Å². The number of carbonyl (C=O) groups is 3. The van der Waals surface area contributed by atoms with E-state index in [-0.39, 0.29) is 31.1 Å². The molecular formula is C55H96O6. The highest BCUT2D eigenvalue weighted by Gasteiger charge is 2.19. The summed E-state index contributed by atoms with van der Waals surface area (Å²) in [6.07, 6.45) is 60.6. The summed E-state index contributed by atoms with van der Waals surface area (Å²) < 4.78 is 16.8. The molecule has 0 spiro atoms. The second-order valence-electron chi connectivity index (χ2n) is 17.1. The number of unbranched alkanes of at least 4 members (excludes halogenated alkanes) is 25. The zero-order chi connectivity index (χ0) is 44.4. The van der Waals surface area contributed by atoms with Crippen molar-refractivity contribution in [3.05, 3.63) is 60.8 Å². The second-order valence-corrected chi connectivity index (χ2v) is 17.1. The number of hydrogen-bond acceptors (Lipinski definition) is 6. The molecule has 1 atom stereocenters.